The first kappa shape index (κ1) is 20.3. The monoisotopic (exact) mass is 336 g/mol. The Bertz CT molecular complexity index is 588. The molecule has 0 saturated heterocycles. The number of halogens is 3. The van der Waals surface area contributed by atoms with Crippen LogP contribution in [0.3, 0.4) is 0 Å². The summed E-state index contributed by atoms with van der Waals surface area (Å²) in [4.78, 5) is 21.7. The molecule has 0 unspecified atom stereocenters. The molecule has 1 aromatic rings. The number of carboxylic acid groups (broad SMARTS) is 1. The number of aryl methyl sites for hydroxylation is 2. The SMILES string of the molecule is C=C(O)C(F)(F)F.CNC(=O)c1cc[n+](CCC(=O)O)nc1C. The Kier molecular flexibility index (Phi) is 7.71. The number of nitrogens with zero attached hydrogens (tertiary/aromatic N) is 2. The van der Waals surface area contributed by atoms with Crippen molar-refractivity contribution in [3.05, 3.63) is 35.9 Å². The average molecular weight is 336 g/mol. The van der Waals surface area contributed by atoms with Crippen LogP contribution in [0.1, 0.15) is 22.5 Å². The summed E-state index contributed by atoms with van der Waals surface area (Å²) in [5.41, 5.74) is 1.07. The van der Waals surface area contributed by atoms with Gasteiger partial charge in [-0.1, -0.05) is 11.3 Å². The molecule has 0 spiro atoms. The zero-order valence-corrected chi connectivity index (χ0v) is 12.5. The zero-order chi connectivity index (χ0) is 18.2. The van der Waals surface area contributed by atoms with Crippen molar-refractivity contribution in [2.75, 3.05) is 7.05 Å². The minimum Gasteiger partial charge on any atom is -0.505 e. The van der Waals surface area contributed by atoms with Gasteiger partial charge in [0.15, 0.2) is 18.5 Å². The van der Waals surface area contributed by atoms with E-state index in [1.54, 1.807) is 26.2 Å². The van der Waals surface area contributed by atoms with Crippen LogP contribution in [0, 0.1) is 6.92 Å². The van der Waals surface area contributed by atoms with Gasteiger partial charge in [0, 0.05) is 13.1 Å². The van der Waals surface area contributed by atoms with Gasteiger partial charge in [-0.05, 0) is 12.0 Å². The summed E-state index contributed by atoms with van der Waals surface area (Å²) in [7, 11) is 1.55. The minimum atomic E-state index is -4.64. The molecule has 10 heteroatoms. The summed E-state index contributed by atoms with van der Waals surface area (Å²) in [6.45, 7) is 4.26. The maximum atomic E-state index is 11.4. The third-order valence-electron chi connectivity index (χ3n) is 2.44. The van der Waals surface area contributed by atoms with Crippen molar-refractivity contribution in [2.24, 2.45) is 0 Å². The number of hydrogen-bond acceptors (Lipinski definition) is 4. The first-order valence-corrected chi connectivity index (χ1v) is 6.25. The van der Waals surface area contributed by atoms with Crippen LogP contribution < -0.4 is 10.00 Å². The van der Waals surface area contributed by atoms with Crippen molar-refractivity contribution in [3.63, 3.8) is 0 Å². The van der Waals surface area contributed by atoms with Crippen LogP contribution in [0.5, 0.6) is 0 Å². The molecular formula is C13H17F3N3O4+. The number of carbonyl (C=O) groups is 2. The molecule has 1 rings (SSSR count). The van der Waals surface area contributed by atoms with Crippen LogP contribution in [-0.2, 0) is 11.3 Å². The largest absolute Gasteiger partial charge is 0.505 e. The van der Waals surface area contributed by atoms with E-state index < -0.39 is 17.9 Å². The van der Waals surface area contributed by atoms with E-state index in [4.69, 9.17) is 10.2 Å². The lowest BCUT2D eigenvalue weighted by Gasteiger charge is -2.01. The van der Waals surface area contributed by atoms with Gasteiger partial charge in [-0.2, -0.15) is 13.2 Å². The Morgan fingerprint density at radius 3 is 2.26 bits per heavy atom. The first-order valence-electron chi connectivity index (χ1n) is 6.25. The van der Waals surface area contributed by atoms with E-state index >= 15 is 0 Å². The van der Waals surface area contributed by atoms with Gasteiger partial charge in [0.1, 0.15) is 12.1 Å². The molecule has 0 saturated carbocycles. The van der Waals surface area contributed by atoms with Crippen molar-refractivity contribution in [1.82, 2.24) is 10.4 Å². The number of aliphatic hydroxyl groups is 1. The van der Waals surface area contributed by atoms with Crippen molar-refractivity contribution < 1.29 is 37.7 Å². The van der Waals surface area contributed by atoms with E-state index in [0.717, 1.165) is 0 Å². The summed E-state index contributed by atoms with van der Waals surface area (Å²) < 4.78 is 34.0. The van der Waals surface area contributed by atoms with Crippen LogP contribution in [0.25, 0.3) is 0 Å². The fourth-order valence-corrected chi connectivity index (χ4v) is 1.27. The lowest BCUT2D eigenvalue weighted by Crippen LogP contribution is -2.40. The quantitative estimate of drug-likeness (QED) is 0.565. The van der Waals surface area contributed by atoms with E-state index in [2.05, 4.69) is 17.0 Å². The highest BCUT2D eigenvalue weighted by molar-refractivity contribution is 5.94. The summed E-state index contributed by atoms with van der Waals surface area (Å²) in [6, 6.07) is 1.63. The third-order valence-corrected chi connectivity index (χ3v) is 2.44. The van der Waals surface area contributed by atoms with Crippen LogP contribution >= 0.6 is 0 Å². The number of aliphatic hydroxyl groups excluding tert-OH is 1. The predicted octanol–water partition coefficient (Wildman–Crippen LogP) is 1.13. The topological polar surface area (TPSA) is 103 Å². The van der Waals surface area contributed by atoms with Gasteiger partial charge in [0.25, 0.3) is 5.91 Å². The Balaban J connectivity index is 0.000000585. The number of aromatic nitrogens is 2. The van der Waals surface area contributed by atoms with Crippen LogP contribution in [0.15, 0.2) is 24.6 Å². The first-order chi connectivity index (χ1) is 10.5. The van der Waals surface area contributed by atoms with Gasteiger partial charge in [-0.25, -0.2) is 0 Å². The molecule has 23 heavy (non-hydrogen) atoms. The van der Waals surface area contributed by atoms with E-state index in [0.29, 0.717) is 17.8 Å². The van der Waals surface area contributed by atoms with E-state index in [-0.39, 0.29) is 12.3 Å². The van der Waals surface area contributed by atoms with Crippen LogP contribution in [0.4, 0.5) is 13.2 Å². The van der Waals surface area contributed by atoms with E-state index in [1.807, 2.05) is 0 Å². The van der Waals surface area contributed by atoms with Gasteiger partial charge in [-0.15, -0.1) is 0 Å². The zero-order valence-electron chi connectivity index (χ0n) is 12.5. The van der Waals surface area contributed by atoms with Crippen molar-refractivity contribution in [1.29, 1.82) is 0 Å². The Labute approximate surface area is 130 Å². The second-order valence-corrected chi connectivity index (χ2v) is 4.25. The molecule has 0 radical (unpaired) electrons. The average Bonchev–Trinajstić information content (AvgIpc) is 2.44. The maximum Gasteiger partial charge on any atom is 0.448 e. The van der Waals surface area contributed by atoms with Crippen molar-refractivity contribution in [2.45, 2.75) is 26.1 Å². The fourth-order valence-electron chi connectivity index (χ4n) is 1.27. The molecule has 0 bridgehead atoms. The highest BCUT2D eigenvalue weighted by atomic mass is 19.4. The number of allylic oxidation sites excluding steroid dienone is 1. The van der Waals surface area contributed by atoms with Gasteiger partial charge in [0.05, 0.1) is 5.56 Å². The molecule has 7 nitrogen and oxygen atoms in total. The smallest absolute Gasteiger partial charge is 0.448 e. The number of aliphatic carboxylic acids is 1. The molecule has 128 valence electrons. The van der Waals surface area contributed by atoms with E-state index in [9.17, 15) is 22.8 Å². The van der Waals surface area contributed by atoms with Crippen LogP contribution in [-0.4, -0.2) is 40.4 Å². The van der Waals surface area contributed by atoms with Crippen LogP contribution in [0.2, 0.25) is 0 Å². The highest BCUT2D eigenvalue weighted by Crippen LogP contribution is 2.20. The molecule has 0 fully saturated rings. The minimum absolute atomic E-state index is 0.0103. The lowest BCUT2D eigenvalue weighted by molar-refractivity contribution is -0.753. The number of hydrogen-bond donors (Lipinski definition) is 3. The second-order valence-electron chi connectivity index (χ2n) is 4.25. The van der Waals surface area contributed by atoms with Crippen molar-refractivity contribution >= 4 is 11.9 Å². The summed E-state index contributed by atoms with van der Waals surface area (Å²) in [5, 5.41) is 22.7. The highest BCUT2D eigenvalue weighted by Gasteiger charge is 2.31. The summed E-state index contributed by atoms with van der Waals surface area (Å²) in [5.74, 6) is -2.83. The number of carbonyl (C=O) groups excluding carboxylic acids is 1. The number of rotatable bonds is 4. The summed E-state index contributed by atoms with van der Waals surface area (Å²) in [6.07, 6.45) is -3.03. The maximum absolute atomic E-state index is 11.4. The Morgan fingerprint density at radius 2 is 1.91 bits per heavy atom. The predicted molar refractivity (Wildman–Crippen MR) is 72.6 cm³/mol. The third kappa shape index (κ3) is 7.79. The summed E-state index contributed by atoms with van der Waals surface area (Å²) >= 11 is 0. The van der Waals surface area contributed by atoms with Gasteiger partial charge >= 0.3 is 12.1 Å². The molecule has 0 aliphatic carbocycles. The second kappa shape index (κ2) is 8.71. The molecule has 0 aliphatic rings. The number of nitrogens with one attached hydrogen (secondary N) is 1. The number of carboxylic acids is 1. The standard InChI is InChI=1S/C10H13N3O3.C3H3F3O/c1-7-8(10(16)11-2)3-5-13(12-7)6-4-9(14)15;1-2(7)3(4,5)6/h3,5H,4,6H2,1-2H3,(H-,11,14,15,16);7H,1H2/p+1. The van der Waals surface area contributed by atoms with E-state index in [1.165, 1.54) is 4.68 Å². The molecule has 0 atom stereocenters. The molecule has 1 amide bonds. The van der Waals surface area contributed by atoms with Gasteiger partial charge < -0.3 is 15.5 Å². The molecule has 0 aliphatic heterocycles. The van der Waals surface area contributed by atoms with Crippen molar-refractivity contribution in [3.8, 4) is 0 Å². The molecule has 1 heterocycles. The van der Waals surface area contributed by atoms with Gasteiger partial charge in [0.2, 0.25) is 0 Å². The number of alkyl halides is 3. The Morgan fingerprint density at radius 1 is 1.39 bits per heavy atom. The molecule has 1 aromatic heterocycles. The Hall–Kier alpha value is -2.65. The fraction of sp³-hybridized carbons (Fsp3) is 0.385. The lowest BCUT2D eigenvalue weighted by atomic mass is 10.2. The molecular weight excluding hydrogens is 319 g/mol. The number of amides is 1. The van der Waals surface area contributed by atoms with Gasteiger partial charge in [-0.3, -0.25) is 9.59 Å². The molecule has 3 N–H and O–H groups in total. The normalized spacial score (nSPS) is 10.3. The molecule has 0 aromatic carbocycles.